The van der Waals surface area contributed by atoms with Gasteiger partial charge >= 0.3 is 6.03 Å². The third kappa shape index (κ3) is 3.49. The van der Waals surface area contributed by atoms with Gasteiger partial charge in [0.1, 0.15) is 17.9 Å². The van der Waals surface area contributed by atoms with Crippen molar-refractivity contribution >= 4 is 17.8 Å². The van der Waals surface area contributed by atoms with Crippen LogP contribution in [0.5, 0.6) is 0 Å². The van der Waals surface area contributed by atoms with E-state index in [1.807, 2.05) is 6.92 Å². The summed E-state index contributed by atoms with van der Waals surface area (Å²) in [4.78, 5) is 37.3. The Hall–Kier alpha value is -2.44. The summed E-state index contributed by atoms with van der Waals surface area (Å²) < 4.78 is 13.0. The molecule has 124 valence electrons. The van der Waals surface area contributed by atoms with Gasteiger partial charge in [0.25, 0.3) is 5.91 Å². The van der Waals surface area contributed by atoms with Crippen molar-refractivity contribution in [2.45, 2.75) is 32.2 Å². The van der Waals surface area contributed by atoms with Crippen molar-refractivity contribution in [3.8, 4) is 0 Å². The molecule has 1 aliphatic heterocycles. The minimum absolute atomic E-state index is 0.328. The molecule has 0 aliphatic carbocycles. The summed E-state index contributed by atoms with van der Waals surface area (Å²) >= 11 is 0. The van der Waals surface area contributed by atoms with E-state index in [1.54, 1.807) is 0 Å². The summed E-state index contributed by atoms with van der Waals surface area (Å²) in [5.41, 5.74) is -0.833. The van der Waals surface area contributed by atoms with E-state index in [0.717, 1.165) is 17.7 Å². The number of urea groups is 1. The Bertz CT molecular complexity index is 618. The van der Waals surface area contributed by atoms with Gasteiger partial charge in [0.15, 0.2) is 0 Å². The van der Waals surface area contributed by atoms with Crippen LogP contribution in [0.25, 0.3) is 0 Å². The van der Waals surface area contributed by atoms with Gasteiger partial charge in [-0.25, -0.2) is 9.18 Å². The fourth-order valence-electron chi connectivity index (χ4n) is 2.42. The molecule has 1 aromatic carbocycles. The van der Waals surface area contributed by atoms with Crippen LogP contribution in [0.4, 0.5) is 9.18 Å². The van der Waals surface area contributed by atoms with Crippen molar-refractivity contribution in [3.05, 3.63) is 35.6 Å². The van der Waals surface area contributed by atoms with Crippen LogP contribution in [-0.2, 0) is 15.1 Å². The molecule has 1 atom stereocenters. The van der Waals surface area contributed by atoms with Gasteiger partial charge in [-0.1, -0.05) is 25.5 Å². The van der Waals surface area contributed by atoms with E-state index >= 15 is 0 Å². The first-order valence-electron chi connectivity index (χ1n) is 7.55. The topological polar surface area (TPSA) is 78.5 Å². The number of carbonyl (C=O) groups is 3. The molecule has 7 heteroatoms. The molecule has 6 nitrogen and oxygen atoms in total. The molecule has 0 bridgehead atoms. The van der Waals surface area contributed by atoms with Gasteiger partial charge in [-0.2, -0.15) is 0 Å². The molecule has 1 saturated heterocycles. The van der Waals surface area contributed by atoms with Crippen LogP contribution in [0, 0.1) is 5.82 Å². The van der Waals surface area contributed by atoms with Crippen LogP contribution in [0.15, 0.2) is 24.3 Å². The average molecular weight is 321 g/mol. The fourth-order valence-corrected chi connectivity index (χ4v) is 2.42. The van der Waals surface area contributed by atoms with E-state index in [0.29, 0.717) is 12.1 Å². The fraction of sp³-hybridized carbons (Fsp3) is 0.438. The third-order valence-corrected chi connectivity index (χ3v) is 3.85. The molecule has 1 fully saturated rings. The van der Waals surface area contributed by atoms with E-state index in [-0.39, 0.29) is 12.5 Å². The van der Waals surface area contributed by atoms with Crippen LogP contribution >= 0.6 is 0 Å². The number of hydrogen-bond donors (Lipinski definition) is 2. The summed E-state index contributed by atoms with van der Waals surface area (Å²) in [6.45, 7) is 3.71. The second-order valence-electron chi connectivity index (χ2n) is 5.66. The van der Waals surface area contributed by atoms with Crippen molar-refractivity contribution in [1.29, 1.82) is 0 Å². The van der Waals surface area contributed by atoms with E-state index in [9.17, 15) is 18.8 Å². The maximum absolute atomic E-state index is 13.0. The van der Waals surface area contributed by atoms with Gasteiger partial charge < -0.3 is 10.6 Å². The van der Waals surface area contributed by atoms with E-state index in [1.165, 1.54) is 31.2 Å². The highest BCUT2D eigenvalue weighted by atomic mass is 19.1. The molecular formula is C16H20FN3O3. The summed E-state index contributed by atoms with van der Waals surface area (Å²) in [7, 11) is 0. The highest BCUT2D eigenvalue weighted by molar-refractivity contribution is 6.09. The minimum Gasteiger partial charge on any atom is -0.355 e. The van der Waals surface area contributed by atoms with Crippen molar-refractivity contribution in [1.82, 2.24) is 15.5 Å². The van der Waals surface area contributed by atoms with Gasteiger partial charge in [0.2, 0.25) is 5.91 Å². The van der Waals surface area contributed by atoms with Gasteiger partial charge in [-0.3, -0.25) is 14.5 Å². The third-order valence-electron chi connectivity index (χ3n) is 3.85. The van der Waals surface area contributed by atoms with Crippen molar-refractivity contribution < 1.29 is 18.8 Å². The predicted octanol–water partition coefficient (Wildman–Crippen LogP) is 1.51. The lowest BCUT2D eigenvalue weighted by atomic mass is 9.92. The molecule has 23 heavy (non-hydrogen) atoms. The number of nitrogens with one attached hydrogen (secondary N) is 2. The molecule has 1 aromatic rings. The normalized spacial score (nSPS) is 20.6. The zero-order chi connectivity index (χ0) is 17.0. The summed E-state index contributed by atoms with van der Waals surface area (Å²) in [5, 5.41) is 5.24. The molecule has 0 saturated carbocycles. The van der Waals surface area contributed by atoms with Crippen LogP contribution in [0.2, 0.25) is 0 Å². The number of imide groups is 1. The lowest BCUT2D eigenvalue weighted by molar-refractivity contribution is -0.134. The average Bonchev–Trinajstić information content (AvgIpc) is 2.72. The Kier molecular flexibility index (Phi) is 4.98. The number of rotatable bonds is 6. The van der Waals surface area contributed by atoms with Crippen LogP contribution in [-0.4, -0.2) is 35.8 Å². The number of unbranched alkanes of at least 4 members (excludes halogenated alkanes) is 1. The zero-order valence-corrected chi connectivity index (χ0v) is 13.2. The molecule has 0 radical (unpaired) electrons. The molecule has 1 heterocycles. The summed E-state index contributed by atoms with van der Waals surface area (Å²) in [5.74, 6) is -1.34. The Balaban J connectivity index is 2.10. The number of carbonyl (C=O) groups excluding carboxylic acids is 3. The lowest BCUT2D eigenvalue weighted by Crippen LogP contribution is -2.43. The highest BCUT2D eigenvalue weighted by Crippen LogP contribution is 2.28. The molecule has 4 amide bonds. The SMILES string of the molecule is CCCCNC(=O)CN1C(=O)NC(C)(c2ccc(F)cc2)C1=O. The van der Waals surface area contributed by atoms with Crippen LogP contribution in [0.1, 0.15) is 32.3 Å². The second kappa shape index (κ2) is 6.76. The maximum atomic E-state index is 13.0. The number of benzene rings is 1. The minimum atomic E-state index is -1.30. The maximum Gasteiger partial charge on any atom is 0.325 e. The van der Waals surface area contributed by atoms with Gasteiger partial charge in [-0.05, 0) is 31.0 Å². The summed E-state index contributed by atoms with van der Waals surface area (Å²) in [6, 6.07) is 4.70. The number of hydrogen-bond acceptors (Lipinski definition) is 3. The molecule has 0 spiro atoms. The molecule has 1 unspecified atom stereocenters. The Morgan fingerprint density at radius 1 is 1.30 bits per heavy atom. The monoisotopic (exact) mass is 321 g/mol. The lowest BCUT2D eigenvalue weighted by Gasteiger charge is -2.22. The zero-order valence-electron chi connectivity index (χ0n) is 13.2. The van der Waals surface area contributed by atoms with Gasteiger partial charge in [-0.15, -0.1) is 0 Å². The Morgan fingerprint density at radius 2 is 1.96 bits per heavy atom. The first-order chi connectivity index (χ1) is 10.9. The quantitative estimate of drug-likeness (QED) is 0.616. The van der Waals surface area contributed by atoms with E-state index in [2.05, 4.69) is 10.6 Å². The van der Waals surface area contributed by atoms with Gasteiger partial charge in [0, 0.05) is 6.54 Å². The molecule has 2 N–H and O–H groups in total. The first-order valence-corrected chi connectivity index (χ1v) is 7.55. The highest BCUT2D eigenvalue weighted by Gasteiger charge is 2.49. The van der Waals surface area contributed by atoms with E-state index in [4.69, 9.17) is 0 Å². The van der Waals surface area contributed by atoms with Crippen molar-refractivity contribution in [3.63, 3.8) is 0 Å². The molecule has 0 aromatic heterocycles. The van der Waals surface area contributed by atoms with E-state index < -0.39 is 23.3 Å². The second-order valence-corrected chi connectivity index (χ2v) is 5.66. The predicted molar refractivity (Wildman–Crippen MR) is 81.9 cm³/mol. The standard InChI is InChI=1S/C16H20FN3O3/c1-3-4-9-18-13(21)10-20-14(22)16(2,19-15(20)23)11-5-7-12(17)8-6-11/h5-8H,3-4,9-10H2,1-2H3,(H,18,21)(H,19,23). The molecular weight excluding hydrogens is 301 g/mol. The van der Waals surface area contributed by atoms with Gasteiger partial charge in [0.05, 0.1) is 0 Å². The molecule has 2 rings (SSSR count). The number of amides is 4. The van der Waals surface area contributed by atoms with Crippen LogP contribution in [0.3, 0.4) is 0 Å². The number of nitrogens with zero attached hydrogens (tertiary/aromatic N) is 1. The van der Waals surface area contributed by atoms with Crippen molar-refractivity contribution in [2.75, 3.05) is 13.1 Å². The smallest absolute Gasteiger partial charge is 0.325 e. The van der Waals surface area contributed by atoms with Crippen LogP contribution < -0.4 is 10.6 Å². The molecule has 1 aliphatic rings. The Morgan fingerprint density at radius 3 is 2.57 bits per heavy atom. The summed E-state index contributed by atoms with van der Waals surface area (Å²) in [6.07, 6.45) is 1.77. The Labute approximate surface area is 134 Å². The number of halogens is 1. The van der Waals surface area contributed by atoms with Crippen molar-refractivity contribution in [2.24, 2.45) is 0 Å². The first kappa shape index (κ1) is 16.9. The largest absolute Gasteiger partial charge is 0.355 e.